The summed E-state index contributed by atoms with van der Waals surface area (Å²) in [5.74, 6) is -0.272. The van der Waals surface area contributed by atoms with Crippen LogP contribution in [-0.4, -0.2) is 50.4 Å². The van der Waals surface area contributed by atoms with Gasteiger partial charge in [0.1, 0.15) is 11.3 Å². The van der Waals surface area contributed by atoms with Crippen molar-refractivity contribution in [3.63, 3.8) is 0 Å². The van der Waals surface area contributed by atoms with Crippen molar-refractivity contribution in [1.82, 2.24) is 10.2 Å². The van der Waals surface area contributed by atoms with Gasteiger partial charge in [0.2, 0.25) is 0 Å². The molecular weight excluding hydrogens is 332 g/mol. The molecule has 0 saturated carbocycles. The predicted octanol–water partition coefficient (Wildman–Crippen LogP) is 1.21. The third kappa shape index (κ3) is 3.24. The second kappa shape index (κ2) is 6.43. The summed E-state index contributed by atoms with van der Waals surface area (Å²) < 4.78 is 28.6. The van der Waals surface area contributed by atoms with Gasteiger partial charge >= 0.3 is 6.03 Å². The topological polar surface area (TPSA) is 92.8 Å². The van der Waals surface area contributed by atoms with Gasteiger partial charge in [0.25, 0.3) is 5.91 Å². The number of sulfone groups is 1. The molecular formula is C16H22N2O5S. The van der Waals surface area contributed by atoms with E-state index in [9.17, 15) is 18.0 Å². The van der Waals surface area contributed by atoms with Crippen molar-refractivity contribution >= 4 is 21.8 Å². The summed E-state index contributed by atoms with van der Waals surface area (Å²) in [4.78, 5) is 26.0. The lowest BCUT2D eigenvalue weighted by Crippen LogP contribution is -2.41. The number of urea groups is 1. The molecule has 1 fully saturated rings. The monoisotopic (exact) mass is 354 g/mol. The smallest absolute Gasteiger partial charge is 0.325 e. The number of methoxy groups -OCH3 is 1. The zero-order valence-electron chi connectivity index (χ0n) is 14.3. The van der Waals surface area contributed by atoms with E-state index in [-0.39, 0.29) is 18.1 Å². The zero-order valence-corrected chi connectivity index (χ0v) is 15.1. The molecule has 0 bridgehead atoms. The van der Waals surface area contributed by atoms with E-state index >= 15 is 0 Å². The summed E-state index contributed by atoms with van der Waals surface area (Å²) in [6.07, 6.45) is 0. The van der Waals surface area contributed by atoms with Gasteiger partial charge in [0.15, 0.2) is 9.84 Å². The summed E-state index contributed by atoms with van der Waals surface area (Å²) in [6.45, 7) is 4.84. The summed E-state index contributed by atoms with van der Waals surface area (Å²) >= 11 is 0. The molecule has 7 nitrogen and oxygen atoms in total. The van der Waals surface area contributed by atoms with Gasteiger partial charge in [0.05, 0.1) is 12.9 Å². The van der Waals surface area contributed by atoms with Gasteiger partial charge in [-0.3, -0.25) is 9.69 Å². The number of ether oxygens (including phenoxy) is 1. The van der Waals surface area contributed by atoms with Crippen LogP contribution in [0.5, 0.6) is 5.75 Å². The van der Waals surface area contributed by atoms with Gasteiger partial charge in [-0.05, 0) is 26.0 Å². The first kappa shape index (κ1) is 18.3. The van der Waals surface area contributed by atoms with Gasteiger partial charge in [-0.15, -0.1) is 0 Å². The van der Waals surface area contributed by atoms with Crippen molar-refractivity contribution in [3.05, 3.63) is 29.3 Å². The van der Waals surface area contributed by atoms with Crippen molar-refractivity contribution in [2.45, 2.75) is 26.3 Å². The van der Waals surface area contributed by atoms with E-state index in [1.165, 1.54) is 14.0 Å². The molecule has 1 N–H and O–H groups in total. The Morgan fingerprint density at radius 2 is 1.96 bits per heavy atom. The molecule has 0 aliphatic carbocycles. The Bertz CT molecular complexity index is 775. The van der Waals surface area contributed by atoms with Crippen LogP contribution in [-0.2, 0) is 20.2 Å². The predicted molar refractivity (Wildman–Crippen MR) is 89.7 cm³/mol. The van der Waals surface area contributed by atoms with Crippen LogP contribution in [0.4, 0.5) is 4.79 Å². The first-order valence-corrected chi connectivity index (χ1v) is 9.46. The molecule has 1 aromatic carbocycles. The summed E-state index contributed by atoms with van der Waals surface area (Å²) in [5, 5.41) is 2.67. The van der Waals surface area contributed by atoms with Crippen LogP contribution in [0.3, 0.4) is 0 Å². The molecule has 0 aromatic heterocycles. The standard InChI is InChI=1S/C16H22N2O5S/c1-5-24(21,22)9-8-18-14(19)16(3,17-15(18)20)12-10-11(2)6-7-13(12)23-4/h6-7,10H,5,8-9H2,1-4H3,(H,17,20). The van der Waals surface area contributed by atoms with E-state index in [4.69, 9.17) is 4.74 Å². The second-order valence-corrected chi connectivity index (χ2v) is 8.42. The van der Waals surface area contributed by atoms with Gasteiger partial charge < -0.3 is 10.1 Å². The minimum absolute atomic E-state index is 0.0282. The number of benzene rings is 1. The van der Waals surface area contributed by atoms with Crippen molar-refractivity contribution in [2.24, 2.45) is 0 Å². The highest BCUT2D eigenvalue weighted by molar-refractivity contribution is 7.91. The molecule has 2 rings (SSSR count). The first-order chi connectivity index (χ1) is 11.1. The third-order valence-electron chi connectivity index (χ3n) is 4.23. The molecule has 1 saturated heterocycles. The molecule has 1 aliphatic heterocycles. The Morgan fingerprint density at radius 3 is 2.54 bits per heavy atom. The highest BCUT2D eigenvalue weighted by Gasteiger charge is 2.50. The Hall–Kier alpha value is -2.09. The number of carbonyl (C=O) groups is 2. The second-order valence-electron chi connectivity index (χ2n) is 5.95. The van der Waals surface area contributed by atoms with Gasteiger partial charge in [-0.25, -0.2) is 13.2 Å². The largest absolute Gasteiger partial charge is 0.496 e. The van der Waals surface area contributed by atoms with Crippen LogP contribution in [0.2, 0.25) is 0 Å². The number of aryl methyl sites for hydroxylation is 1. The molecule has 8 heteroatoms. The van der Waals surface area contributed by atoms with Crippen molar-refractivity contribution in [2.75, 3.05) is 25.2 Å². The lowest BCUT2D eigenvalue weighted by molar-refractivity contribution is -0.130. The molecule has 3 amide bonds. The highest BCUT2D eigenvalue weighted by Crippen LogP contribution is 2.35. The van der Waals surface area contributed by atoms with Crippen LogP contribution < -0.4 is 10.1 Å². The Morgan fingerprint density at radius 1 is 1.29 bits per heavy atom. The fraction of sp³-hybridized carbons (Fsp3) is 0.500. The van der Waals surface area contributed by atoms with E-state index in [2.05, 4.69) is 5.32 Å². The van der Waals surface area contributed by atoms with Crippen molar-refractivity contribution < 1.29 is 22.7 Å². The van der Waals surface area contributed by atoms with Crippen LogP contribution in [0.25, 0.3) is 0 Å². The van der Waals surface area contributed by atoms with E-state index in [0.717, 1.165) is 10.5 Å². The van der Waals surface area contributed by atoms with E-state index in [1.807, 2.05) is 13.0 Å². The summed E-state index contributed by atoms with van der Waals surface area (Å²) in [5.41, 5.74) is 0.176. The van der Waals surface area contributed by atoms with Crippen LogP contribution >= 0.6 is 0 Å². The van der Waals surface area contributed by atoms with E-state index in [1.54, 1.807) is 19.1 Å². The summed E-state index contributed by atoms with van der Waals surface area (Å²) in [7, 11) is -1.78. The average Bonchev–Trinajstić information content (AvgIpc) is 2.76. The lowest BCUT2D eigenvalue weighted by Gasteiger charge is -2.24. The average molecular weight is 354 g/mol. The minimum Gasteiger partial charge on any atom is -0.496 e. The molecule has 1 unspecified atom stereocenters. The molecule has 0 radical (unpaired) electrons. The number of amides is 3. The van der Waals surface area contributed by atoms with Gasteiger partial charge in [-0.1, -0.05) is 18.6 Å². The van der Waals surface area contributed by atoms with Crippen molar-refractivity contribution in [1.29, 1.82) is 0 Å². The zero-order chi connectivity index (χ0) is 18.1. The number of carbonyl (C=O) groups excluding carboxylic acids is 2. The number of nitrogens with zero attached hydrogens (tertiary/aromatic N) is 1. The maximum atomic E-state index is 12.8. The summed E-state index contributed by atoms with van der Waals surface area (Å²) in [6, 6.07) is 4.76. The van der Waals surface area contributed by atoms with Crippen LogP contribution in [0.1, 0.15) is 25.0 Å². The molecule has 1 heterocycles. The first-order valence-electron chi connectivity index (χ1n) is 7.64. The van der Waals surface area contributed by atoms with Crippen molar-refractivity contribution in [3.8, 4) is 5.75 Å². The SMILES string of the molecule is CCS(=O)(=O)CCN1C(=O)NC(C)(c2cc(C)ccc2OC)C1=O. The maximum Gasteiger partial charge on any atom is 0.325 e. The number of rotatable bonds is 6. The third-order valence-corrected chi connectivity index (χ3v) is 5.92. The Balaban J connectivity index is 2.35. The molecule has 1 atom stereocenters. The normalized spacial score (nSPS) is 21.1. The fourth-order valence-electron chi connectivity index (χ4n) is 2.67. The van der Waals surface area contributed by atoms with Crippen LogP contribution in [0.15, 0.2) is 18.2 Å². The van der Waals surface area contributed by atoms with Gasteiger partial charge in [0, 0.05) is 17.9 Å². The molecule has 24 heavy (non-hydrogen) atoms. The molecule has 0 spiro atoms. The van der Waals surface area contributed by atoms with E-state index in [0.29, 0.717) is 11.3 Å². The molecule has 1 aliphatic rings. The maximum absolute atomic E-state index is 12.8. The molecule has 132 valence electrons. The number of hydrogen-bond acceptors (Lipinski definition) is 5. The lowest BCUT2D eigenvalue weighted by atomic mass is 9.90. The Labute approximate surface area is 141 Å². The number of hydrogen-bond donors (Lipinski definition) is 1. The minimum atomic E-state index is -3.27. The quantitative estimate of drug-likeness (QED) is 0.775. The number of imide groups is 1. The molecule has 1 aromatic rings. The number of nitrogens with one attached hydrogen (secondary N) is 1. The fourth-order valence-corrected chi connectivity index (χ4v) is 3.42. The van der Waals surface area contributed by atoms with E-state index < -0.39 is 27.3 Å². The highest BCUT2D eigenvalue weighted by atomic mass is 32.2. The Kier molecular flexibility index (Phi) is 4.89. The van der Waals surface area contributed by atoms with Crippen LogP contribution in [0, 0.1) is 6.92 Å². The van der Waals surface area contributed by atoms with Gasteiger partial charge in [-0.2, -0.15) is 0 Å².